The van der Waals surface area contributed by atoms with Gasteiger partial charge < -0.3 is 5.32 Å². The van der Waals surface area contributed by atoms with Crippen LogP contribution in [0.15, 0.2) is 0 Å². The Morgan fingerprint density at radius 3 is 2.36 bits per heavy atom. The van der Waals surface area contributed by atoms with Gasteiger partial charge in [0.2, 0.25) is 5.91 Å². The molecule has 1 aliphatic rings. The Hall–Kier alpha value is -0.530. The second-order valence-corrected chi connectivity index (χ2v) is 4.41. The van der Waals surface area contributed by atoms with Crippen molar-refractivity contribution in [2.45, 2.75) is 52.4 Å². The van der Waals surface area contributed by atoms with Gasteiger partial charge in [-0.1, -0.05) is 39.5 Å². The van der Waals surface area contributed by atoms with Gasteiger partial charge in [0.1, 0.15) is 0 Å². The third kappa shape index (κ3) is 3.32. The summed E-state index contributed by atoms with van der Waals surface area (Å²) in [6.07, 6.45) is 7.03. The van der Waals surface area contributed by atoms with Crippen LogP contribution in [0.1, 0.15) is 52.4 Å². The first kappa shape index (κ1) is 11.5. The lowest BCUT2D eigenvalue weighted by molar-refractivity contribution is -0.125. The van der Waals surface area contributed by atoms with Gasteiger partial charge in [-0.25, -0.2) is 0 Å². The van der Waals surface area contributed by atoms with Gasteiger partial charge in [0.25, 0.3) is 0 Å². The van der Waals surface area contributed by atoms with Crippen molar-refractivity contribution >= 4 is 5.91 Å². The molecule has 0 spiro atoms. The fraction of sp³-hybridized carbons (Fsp3) is 0.917. The van der Waals surface area contributed by atoms with Crippen LogP contribution in [0.2, 0.25) is 0 Å². The Morgan fingerprint density at radius 1 is 1.29 bits per heavy atom. The highest BCUT2D eigenvalue weighted by molar-refractivity contribution is 5.78. The summed E-state index contributed by atoms with van der Waals surface area (Å²) < 4.78 is 0. The first-order valence-corrected chi connectivity index (χ1v) is 6.05. The molecule has 1 aliphatic carbocycles. The van der Waals surface area contributed by atoms with E-state index >= 15 is 0 Å². The minimum atomic E-state index is 0.300. The highest BCUT2D eigenvalue weighted by Gasteiger charge is 2.22. The highest BCUT2D eigenvalue weighted by atomic mass is 16.1. The second-order valence-electron chi connectivity index (χ2n) is 4.41. The molecule has 0 aromatic carbocycles. The first-order chi connectivity index (χ1) is 6.77. The molecule has 14 heavy (non-hydrogen) atoms. The summed E-state index contributed by atoms with van der Waals surface area (Å²) in [6.45, 7) is 5.26. The molecule has 0 radical (unpaired) electrons. The standard InChI is InChI=1S/C12H23NO/c1-3-10(4-2)9-13-12(14)11-7-5-6-8-11/h10-11H,3-9H2,1-2H3,(H,13,14). The second kappa shape index (κ2) is 6.05. The van der Waals surface area contributed by atoms with E-state index in [9.17, 15) is 4.79 Å². The summed E-state index contributed by atoms with van der Waals surface area (Å²) in [5.41, 5.74) is 0. The average Bonchev–Trinajstić information content (AvgIpc) is 2.72. The Kier molecular flexibility index (Phi) is 4.99. The third-order valence-electron chi connectivity index (χ3n) is 3.45. The molecule has 1 N–H and O–H groups in total. The van der Waals surface area contributed by atoms with E-state index in [4.69, 9.17) is 0 Å². The Balaban J connectivity index is 2.19. The maximum Gasteiger partial charge on any atom is 0.223 e. The third-order valence-corrected chi connectivity index (χ3v) is 3.45. The van der Waals surface area contributed by atoms with E-state index < -0.39 is 0 Å². The van der Waals surface area contributed by atoms with Crippen molar-refractivity contribution in [2.75, 3.05) is 6.54 Å². The molecule has 1 saturated carbocycles. The zero-order valence-corrected chi connectivity index (χ0v) is 9.51. The van der Waals surface area contributed by atoms with Crippen LogP contribution in [-0.2, 0) is 4.79 Å². The van der Waals surface area contributed by atoms with Gasteiger partial charge in [-0.2, -0.15) is 0 Å². The molecular formula is C12H23NO. The van der Waals surface area contributed by atoms with Crippen LogP contribution in [0.5, 0.6) is 0 Å². The maximum absolute atomic E-state index is 11.7. The molecule has 1 rings (SSSR count). The first-order valence-electron chi connectivity index (χ1n) is 6.05. The minimum Gasteiger partial charge on any atom is -0.356 e. The molecule has 0 unspecified atom stereocenters. The van der Waals surface area contributed by atoms with Crippen molar-refractivity contribution in [3.05, 3.63) is 0 Å². The lowest BCUT2D eigenvalue weighted by Gasteiger charge is -2.15. The molecule has 0 aromatic heterocycles. The summed E-state index contributed by atoms with van der Waals surface area (Å²) in [5, 5.41) is 3.09. The normalized spacial score (nSPS) is 17.6. The molecule has 0 aromatic rings. The number of hydrogen-bond acceptors (Lipinski definition) is 1. The largest absolute Gasteiger partial charge is 0.356 e. The molecule has 1 fully saturated rings. The van der Waals surface area contributed by atoms with E-state index in [-0.39, 0.29) is 0 Å². The van der Waals surface area contributed by atoms with Gasteiger partial charge in [-0.3, -0.25) is 4.79 Å². The lowest BCUT2D eigenvalue weighted by atomic mass is 10.0. The van der Waals surface area contributed by atoms with Crippen molar-refractivity contribution in [1.82, 2.24) is 5.32 Å². The fourth-order valence-electron chi connectivity index (χ4n) is 2.15. The van der Waals surface area contributed by atoms with Gasteiger partial charge in [0.05, 0.1) is 0 Å². The van der Waals surface area contributed by atoms with E-state index in [1.165, 1.54) is 25.7 Å². The van der Waals surface area contributed by atoms with E-state index in [1.807, 2.05) is 0 Å². The van der Waals surface area contributed by atoms with Crippen LogP contribution in [0, 0.1) is 11.8 Å². The number of rotatable bonds is 5. The van der Waals surface area contributed by atoms with E-state index in [0.717, 1.165) is 19.4 Å². The highest BCUT2D eigenvalue weighted by Crippen LogP contribution is 2.24. The number of carbonyl (C=O) groups excluding carboxylic acids is 1. The van der Waals surface area contributed by atoms with Crippen molar-refractivity contribution < 1.29 is 4.79 Å². The van der Waals surface area contributed by atoms with Crippen LogP contribution in [0.3, 0.4) is 0 Å². The summed E-state index contributed by atoms with van der Waals surface area (Å²) in [6, 6.07) is 0. The zero-order valence-electron chi connectivity index (χ0n) is 9.51. The summed E-state index contributed by atoms with van der Waals surface area (Å²) >= 11 is 0. The number of hydrogen-bond donors (Lipinski definition) is 1. The predicted octanol–water partition coefficient (Wildman–Crippen LogP) is 2.73. The quantitative estimate of drug-likeness (QED) is 0.721. The molecule has 0 aliphatic heterocycles. The van der Waals surface area contributed by atoms with Gasteiger partial charge in [0, 0.05) is 12.5 Å². The predicted molar refractivity (Wildman–Crippen MR) is 59.0 cm³/mol. The van der Waals surface area contributed by atoms with E-state index in [1.54, 1.807) is 0 Å². The van der Waals surface area contributed by atoms with Crippen LogP contribution >= 0.6 is 0 Å². The number of carbonyl (C=O) groups is 1. The maximum atomic E-state index is 11.7. The molecular weight excluding hydrogens is 174 g/mol. The lowest BCUT2D eigenvalue weighted by Crippen LogP contribution is -2.33. The van der Waals surface area contributed by atoms with Crippen LogP contribution in [0.4, 0.5) is 0 Å². The zero-order chi connectivity index (χ0) is 10.4. The monoisotopic (exact) mass is 197 g/mol. The van der Waals surface area contributed by atoms with Crippen molar-refractivity contribution in [2.24, 2.45) is 11.8 Å². The number of amides is 1. The Morgan fingerprint density at radius 2 is 1.86 bits per heavy atom. The number of nitrogens with one attached hydrogen (secondary N) is 1. The van der Waals surface area contributed by atoms with Crippen molar-refractivity contribution in [3.63, 3.8) is 0 Å². The van der Waals surface area contributed by atoms with Crippen LogP contribution in [0.25, 0.3) is 0 Å². The van der Waals surface area contributed by atoms with Crippen molar-refractivity contribution in [3.8, 4) is 0 Å². The van der Waals surface area contributed by atoms with Gasteiger partial charge in [-0.05, 0) is 18.8 Å². The van der Waals surface area contributed by atoms with Gasteiger partial charge >= 0.3 is 0 Å². The smallest absolute Gasteiger partial charge is 0.223 e. The molecule has 2 heteroatoms. The molecule has 0 heterocycles. The van der Waals surface area contributed by atoms with Gasteiger partial charge in [-0.15, -0.1) is 0 Å². The van der Waals surface area contributed by atoms with Crippen molar-refractivity contribution in [1.29, 1.82) is 0 Å². The Labute approximate surface area is 87.5 Å². The topological polar surface area (TPSA) is 29.1 Å². The Bertz CT molecular complexity index is 169. The average molecular weight is 197 g/mol. The van der Waals surface area contributed by atoms with Gasteiger partial charge in [0.15, 0.2) is 0 Å². The van der Waals surface area contributed by atoms with Crippen LogP contribution < -0.4 is 5.32 Å². The van der Waals surface area contributed by atoms with Crippen LogP contribution in [-0.4, -0.2) is 12.5 Å². The van der Waals surface area contributed by atoms with E-state index in [0.29, 0.717) is 17.7 Å². The summed E-state index contributed by atoms with van der Waals surface area (Å²) in [7, 11) is 0. The molecule has 82 valence electrons. The minimum absolute atomic E-state index is 0.300. The molecule has 0 bridgehead atoms. The summed E-state index contributed by atoms with van der Waals surface area (Å²) in [4.78, 5) is 11.7. The molecule has 0 saturated heterocycles. The fourth-order valence-corrected chi connectivity index (χ4v) is 2.15. The molecule has 0 atom stereocenters. The molecule has 1 amide bonds. The molecule has 2 nitrogen and oxygen atoms in total. The van der Waals surface area contributed by atoms with E-state index in [2.05, 4.69) is 19.2 Å². The SMILES string of the molecule is CCC(CC)CNC(=O)C1CCCC1. The summed E-state index contributed by atoms with van der Waals surface area (Å²) in [5.74, 6) is 1.29.